The van der Waals surface area contributed by atoms with Crippen LogP contribution in [0, 0.1) is 0 Å². The predicted octanol–water partition coefficient (Wildman–Crippen LogP) is 3.87. The van der Waals surface area contributed by atoms with Crippen molar-refractivity contribution in [1.82, 2.24) is 9.55 Å². The fourth-order valence-electron chi connectivity index (χ4n) is 2.18. The number of hydrogen-bond acceptors (Lipinski definition) is 3. The van der Waals surface area contributed by atoms with Crippen LogP contribution in [0.15, 0.2) is 67.3 Å². The van der Waals surface area contributed by atoms with Crippen LogP contribution in [0.3, 0.4) is 0 Å². The van der Waals surface area contributed by atoms with E-state index in [1.165, 1.54) is 0 Å². The van der Waals surface area contributed by atoms with E-state index in [9.17, 15) is 4.79 Å². The lowest BCUT2D eigenvalue weighted by Gasteiger charge is -2.10. The Labute approximate surface area is 144 Å². The third kappa shape index (κ3) is 4.36. The molecule has 0 aliphatic heterocycles. The Bertz CT molecular complexity index is 819. The topological polar surface area (TPSA) is 56.1 Å². The number of carbonyl (C=O) groups is 1. The number of rotatable bonds is 6. The maximum absolute atomic E-state index is 12.2. The van der Waals surface area contributed by atoms with E-state index in [0.717, 1.165) is 0 Å². The standard InChI is InChI=1S/C18H16ClN3O2/c19-15-4-1-3-14(11-15)18(23)21-16-5-2-6-17(12-16)24-10-9-22-8-7-20-13-22/h1-8,11-13H,9-10H2,(H,21,23). The van der Waals surface area contributed by atoms with Gasteiger partial charge in [-0.25, -0.2) is 4.98 Å². The maximum atomic E-state index is 12.2. The minimum atomic E-state index is -0.215. The molecule has 5 nitrogen and oxygen atoms in total. The lowest BCUT2D eigenvalue weighted by Crippen LogP contribution is -2.12. The average Bonchev–Trinajstić information content (AvgIpc) is 3.09. The average molecular weight is 342 g/mol. The van der Waals surface area contributed by atoms with Crippen molar-refractivity contribution < 1.29 is 9.53 Å². The van der Waals surface area contributed by atoms with Crippen LogP contribution in [0.2, 0.25) is 5.02 Å². The van der Waals surface area contributed by atoms with Crippen LogP contribution in [0.5, 0.6) is 5.75 Å². The second kappa shape index (κ2) is 7.66. The van der Waals surface area contributed by atoms with Gasteiger partial charge >= 0.3 is 0 Å². The third-order valence-electron chi connectivity index (χ3n) is 3.36. The van der Waals surface area contributed by atoms with E-state index in [1.54, 1.807) is 42.9 Å². The molecule has 0 atom stereocenters. The molecule has 1 heterocycles. The van der Waals surface area contributed by atoms with Gasteiger partial charge in [-0.3, -0.25) is 4.79 Å². The summed E-state index contributed by atoms with van der Waals surface area (Å²) in [4.78, 5) is 16.2. The Kier molecular flexibility index (Phi) is 5.13. The summed E-state index contributed by atoms with van der Waals surface area (Å²) >= 11 is 5.91. The number of nitrogens with zero attached hydrogens (tertiary/aromatic N) is 2. The molecule has 1 aromatic heterocycles. The summed E-state index contributed by atoms with van der Waals surface area (Å²) in [6.07, 6.45) is 5.35. The van der Waals surface area contributed by atoms with E-state index < -0.39 is 0 Å². The van der Waals surface area contributed by atoms with Crippen molar-refractivity contribution in [1.29, 1.82) is 0 Å². The van der Waals surface area contributed by atoms with Gasteiger partial charge in [-0.1, -0.05) is 23.7 Å². The van der Waals surface area contributed by atoms with Gasteiger partial charge in [0.25, 0.3) is 5.91 Å². The molecule has 0 radical (unpaired) electrons. The highest BCUT2D eigenvalue weighted by molar-refractivity contribution is 6.31. The van der Waals surface area contributed by atoms with Gasteiger partial charge in [0, 0.05) is 34.7 Å². The summed E-state index contributed by atoms with van der Waals surface area (Å²) in [7, 11) is 0. The quantitative estimate of drug-likeness (QED) is 0.740. The van der Waals surface area contributed by atoms with Gasteiger partial charge in [0.15, 0.2) is 0 Å². The molecule has 0 saturated carbocycles. The highest BCUT2D eigenvalue weighted by Crippen LogP contribution is 2.19. The highest BCUT2D eigenvalue weighted by atomic mass is 35.5. The minimum absolute atomic E-state index is 0.215. The van der Waals surface area contributed by atoms with Crippen molar-refractivity contribution in [2.75, 3.05) is 11.9 Å². The van der Waals surface area contributed by atoms with Crippen LogP contribution in [0.25, 0.3) is 0 Å². The summed E-state index contributed by atoms with van der Waals surface area (Å²) in [5, 5.41) is 3.36. The van der Waals surface area contributed by atoms with Crippen LogP contribution in [0.4, 0.5) is 5.69 Å². The summed E-state index contributed by atoms with van der Waals surface area (Å²) in [5.74, 6) is 0.479. The fraction of sp³-hybridized carbons (Fsp3) is 0.111. The van der Waals surface area contributed by atoms with Gasteiger partial charge in [0.2, 0.25) is 0 Å². The number of hydrogen-bond donors (Lipinski definition) is 1. The van der Waals surface area contributed by atoms with Crippen molar-refractivity contribution in [3.63, 3.8) is 0 Å². The number of carbonyl (C=O) groups excluding carboxylic acids is 1. The summed E-state index contributed by atoms with van der Waals surface area (Å²) < 4.78 is 7.64. The van der Waals surface area contributed by atoms with Crippen molar-refractivity contribution in [3.8, 4) is 5.75 Å². The lowest BCUT2D eigenvalue weighted by molar-refractivity contribution is 0.102. The van der Waals surface area contributed by atoms with Crippen LogP contribution >= 0.6 is 11.6 Å². The van der Waals surface area contributed by atoms with Crippen molar-refractivity contribution >= 4 is 23.2 Å². The fourth-order valence-corrected chi connectivity index (χ4v) is 2.37. The molecule has 0 aliphatic carbocycles. The van der Waals surface area contributed by atoms with E-state index >= 15 is 0 Å². The minimum Gasteiger partial charge on any atom is -0.492 e. The first-order chi connectivity index (χ1) is 11.7. The zero-order valence-electron chi connectivity index (χ0n) is 12.9. The summed E-state index contributed by atoms with van der Waals surface area (Å²) in [6, 6.07) is 14.1. The number of aromatic nitrogens is 2. The molecule has 1 N–H and O–H groups in total. The molecule has 3 aromatic rings. The SMILES string of the molecule is O=C(Nc1cccc(OCCn2ccnc2)c1)c1cccc(Cl)c1. The normalized spacial score (nSPS) is 10.4. The Hall–Kier alpha value is -2.79. The molecule has 3 rings (SSSR count). The molecule has 122 valence electrons. The molecule has 1 amide bonds. The molecular formula is C18H16ClN3O2. The van der Waals surface area contributed by atoms with Crippen molar-refractivity contribution in [3.05, 3.63) is 77.8 Å². The molecule has 0 bridgehead atoms. The number of nitrogens with one attached hydrogen (secondary N) is 1. The lowest BCUT2D eigenvalue weighted by atomic mass is 10.2. The smallest absolute Gasteiger partial charge is 0.255 e. The number of ether oxygens (including phenoxy) is 1. The first-order valence-electron chi connectivity index (χ1n) is 7.46. The van der Waals surface area contributed by atoms with Gasteiger partial charge in [0.1, 0.15) is 12.4 Å². The van der Waals surface area contributed by atoms with Gasteiger partial charge < -0.3 is 14.6 Å². The molecule has 0 unspecified atom stereocenters. The Morgan fingerprint density at radius 1 is 1.21 bits per heavy atom. The molecular weight excluding hydrogens is 326 g/mol. The highest BCUT2D eigenvalue weighted by Gasteiger charge is 2.07. The molecule has 0 spiro atoms. The van der Waals surface area contributed by atoms with Gasteiger partial charge in [-0.15, -0.1) is 0 Å². The van der Waals surface area contributed by atoms with Gasteiger partial charge in [-0.2, -0.15) is 0 Å². The van der Waals surface area contributed by atoms with Crippen LogP contribution in [0.1, 0.15) is 10.4 Å². The molecule has 6 heteroatoms. The summed E-state index contributed by atoms with van der Waals surface area (Å²) in [5.41, 5.74) is 1.18. The Morgan fingerprint density at radius 2 is 2.08 bits per heavy atom. The van der Waals surface area contributed by atoms with Crippen molar-refractivity contribution in [2.45, 2.75) is 6.54 Å². The first kappa shape index (κ1) is 16.1. The molecule has 2 aromatic carbocycles. The van der Waals surface area contributed by atoms with Crippen LogP contribution in [-0.4, -0.2) is 22.1 Å². The molecule has 0 saturated heterocycles. The van der Waals surface area contributed by atoms with Crippen LogP contribution in [-0.2, 0) is 6.54 Å². The maximum Gasteiger partial charge on any atom is 0.255 e. The monoisotopic (exact) mass is 341 g/mol. The Morgan fingerprint density at radius 3 is 2.88 bits per heavy atom. The summed E-state index contributed by atoms with van der Waals surface area (Å²) in [6.45, 7) is 1.22. The number of imidazole rings is 1. The van der Waals surface area contributed by atoms with Crippen molar-refractivity contribution in [2.24, 2.45) is 0 Å². The first-order valence-corrected chi connectivity index (χ1v) is 7.84. The van der Waals surface area contributed by atoms with E-state index in [-0.39, 0.29) is 5.91 Å². The van der Waals surface area contributed by atoms with Crippen LogP contribution < -0.4 is 10.1 Å². The zero-order valence-corrected chi connectivity index (χ0v) is 13.6. The Balaban J connectivity index is 1.59. The van der Waals surface area contributed by atoms with E-state index in [4.69, 9.17) is 16.3 Å². The zero-order chi connectivity index (χ0) is 16.8. The van der Waals surface area contributed by atoms with Gasteiger partial charge in [-0.05, 0) is 30.3 Å². The van der Waals surface area contributed by atoms with E-state index in [1.807, 2.05) is 29.0 Å². The second-order valence-corrected chi connectivity index (χ2v) is 5.58. The van der Waals surface area contributed by atoms with Gasteiger partial charge in [0.05, 0.1) is 12.9 Å². The van der Waals surface area contributed by atoms with E-state index in [0.29, 0.717) is 35.2 Å². The molecule has 24 heavy (non-hydrogen) atoms. The molecule has 0 aliphatic rings. The number of amides is 1. The number of benzene rings is 2. The predicted molar refractivity (Wildman–Crippen MR) is 93.6 cm³/mol. The number of anilines is 1. The third-order valence-corrected chi connectivity index (χ3v) is 3.59. The molecule has 0 fully saturated rings. The van der Waals surface area contributed by atoms with E-state index in [2.05, 4.69) is 10.3 Å². The number of halogens is 1. The second-order valence-electron chi connectivity index (χ2n) is 5.14. The largest absolute Gasteiger partial charge is 0.492 e.